The summed E-state index contributed by atoms with van der Waals surface area (Å²) in [6.45, 7) is 12.3. The average molecular weight is 486 g/mol. The minimum absolute atomic E-state index is 0.0141. The summed E-state index contributed by atoms with van der Waals surface area (Å²) < 4.78 is 17.6. The number of benzene rings is 2. The molecule has 3 atom stereocenters. The lowest BCUT2D eigenvalue weighted by atomic mass is 10.0. The van der Waals surface area contributed by atoms with Crippen LogP contribution < -0.4 is 0 Å². The Bertz CT molecular complexity index is 896. The summed E-state index contributed by atoms with van der Waals surface area (Å²) in [5.74, 6) is 0. The molecule has 1 aliphatic heterocycles. The number of hydrogen-bond donors (Lipinski definition) is 1. The van der Waals surface area contributed by atoms with Crippen molar-refractivity contribution in [2.45, 2.75) is 76.7 Å². The summed E-state index contributed by atoms with van der Waals surface area (Å²) in [5, 5.41) is 11.2. The summed E-state index contributed by atoms with van der Waals surface area (Å²) in [7, 11) is -2.10. The molecule has 0 spiro atoms. The van der Waals surface area contributed by atoms with Crippen molar-refractivity contribution in [3.63, 3.8) is 0 Å². The minimum Gasteiger partial charge on any atom is -0.445 e. The zero-order chi connectivity index (χ0) is 24.8. The number of hydrogen-bond acceptors (Lipinski definition) is 5. The highest BCUT2D eigenvalue weighted by atomic mass is 28.4. The number of ether oxygens (including phenoxy) is 2. The summed E-state index contributed by atoms with van der Waals surface area (Å²) in [6, 6.07) is 18.8. The van der Waals surface area contributed by atoms with E-state index in [0.29, 0.717) is 19.6 Å². The van der Waals surface area contributed by atoms with Gasteiger partial charge in [0.15, 0.2) is 8.32 Å². The fourth-order valence-electron chi connectivity index (χ4n) is 3.45. The van der Waals surface area contributed by atoms with Crippen LogP contribution in [-0.2, 0) is 27.1 Å². The van der Waals surface area contributed by atoms with Crippen LogP contribution in [-0.4, -0.2) is 55.9 Å². The summed E-state index contributed by atoms with van der Waals surface area (Å²) >= 11 is 0. The third kappa shape index (κ3) is 7.66. The molecule has 1 aliphatic rings. The van der Waals surface area contributed by atoms with Gasteiger partial charge in [0.05, 0.1) is 31.5 Å². The Labute approximate surface area is 205 Å². The number of aliphatic hydroxyl groups excluding tert-OH is 1. The Balaban J connectivity index is 1.83. The van der Waals surface area contributed by atoms with E-state index in [1.54, 1.807) is 4.90 Å². The SMILES string of the molecule is CC(C)(C)[Si](C)(C)OC[C@H]([C@H](O)CC1CO1)N(Cc1ccccc1)C(=O)OCc1ccccc1. The minimum atomic E-state index is -2.10. The maximum atomic E-state index is 13.4. The Kier molecular flexibility index (Phi) is 8.93. The molecule has 0 aliphatic carbocycles. The van der Waals surface area contributed by atoms with E-state index in [1.165, 1.54) is 0 Å². The lowest BCUT2D eigenvalue weighted by molar-refractivity contribution is 0.000566. The first-order valence-corrected chi connectivity index (χ1v) is 14.9. The molecule has 0 radical (unpaired) electrons. The van der Waals surface area contributed by atoms with Gasteiger partial charge in [0, 0.05) is 13.0 Å². The third-order valence-electron chi connectivity index (χ3n) is 6.81. The van der Waals surface area contributed by atoms with Crippen LogP contribution in [0.1, 0.15) is 38.3 Å². The van der Waals surface area contributed by atoms with Crippen molar-refractivity contribution in [3.05, 3.63) is 71.8 Å². The molecule has 1 unspecified atom stereocenters. The van der Waals surface area contributed by atoms with Crippen LogP contribution in [0.15, 0.2) is 60.7 Å². The normalized spacial score (nSPS) is 17.6. The molecule has 2 aromatic carbocycles. The Morgan fingerprint density at radius 1 is 1.09 bits per heavy atom. The Morgan fingerprint density at radius 2 is 1.65 bits per heavy atom. The summed E-state index contributed by atoms with van der Waals surface area (Å²) in [6.07, 6.45) is -0.759. The molecule has 3 rings (SSSR count). The van der Waals surface area contributed by atoms with Gasteiger partial charge in [-0.2, -0.15) is 0 Å². The van der Waals surface area contributed by atoms with Gasteiger partial charge in [-0.05, 0) is 29.3 Å². The maximum Gasteiger partial charge on any atom is 0.410 e. The van der Waals surface area contributed by atoms with Gasteiger partial charge in [0.25, 0.3) is 0 Å². The van der Waals surface area contributed by atoms with E-state index in [-0.39, 0.29) is 24.4 Å². The van der Waals surface area contributed by atoms with Crippen LogP contribution in [0, 0.1) is 0 Å². The molecule has 0 bridgehead atoms. The molecule has 1 amide bonds. The van der Waals surface area contributed by atoms with E-state index >= 15 is 0 Å². The van der Waals surface area contributed by atoms with E-state index in [4.69, 9.17) is 13.9 Å². The number of aliphatic hydroxyl groups is 1. The van der Waals surface area contributed by atoms with E-state index < -0.39 is 26.6 Å². The van der Waals surface area contributed by atoms with Gasteiger partial charge in [-0.1, -0.05) is 81.4 Å². The standard InChI is InChI=1S/C27H39NO5Si/c1-27(2,3)34(4,5)33-20-24(25(29)16-23-19-31-23)28(17-21-12-8-6-9-13-21)26(30)32-18-22-14-10-7-11-15-22/h6-15,23-25,29H,16-20H2,1-5H3/t23?,24-,25-/m1/s1. The number of amides is 1. The molecular formula is C27H39NO5Si. The van der Waals surface area contributed by atoms with Gasteiger partial charge in [0.1, 0.15) is 6.61 Å². The van der Waals surface area contributed by atoms with Gasteiger partial charge < -0.3 is 19.0 Å². The molecule has 1 heterocycles. The van der Waals surface area contributed by atoms with Crippen LogP contribution in [0.5, 0.6) is 0 Å². The molecule has 1 saturated heterocycles. The van der Waals surface area contributed by atoms with Crippen LogP contribution in [0.4, 0.5) is 4.79 Å². The van der Waals surface area contributed by atoms with E-state index in [0.717, 1.165) is 11.1 Å². The predicted molar refractivity (Wildman–Crippen MR) is 136 cm³/mol. The molecule has 0 saturated carbocycles. The second-order valence-corrected chi connectivity index (χ2v) is 15.4. The molecule has 2 aromatic rings. The zero-order valence-electron chi connectivity index (χ0n) is 21.1. The zero-order valence-corrected chi connectivity index (χ0v) is 22.1. The van der Waals surface area contributed by atoms with Gasteiger partial charge >= 0.3 is 6.09 Å². The molecule has 1 N–H and O–H groups in total. The van der Waals surface area contributed by atoms with Crippen LogP contribution >= 0.6 is 0 Å². The monoisotopic (exact) mass is 485 g/mol. The van der Waals surface area contributed by atoms with Gasteiger partial charge in [-0.3, -0.25) is 4.90 Å². The largest absolute Gasteiger partial charge is 0.445 e. The van der Waals surface area contributed by atoms with Gasteiger partial charge in [-0.25, -0.2) is 4.79 Å². The first kappa shape index (κ1) is 26.4. The fourth-order valence-corrected chi connectivity index (χ4v) is 4.47. The van der Waals surface area contributed by atoms with Crippen molar-refractivity contribution >= 4 is 14.4 Å². The smallest absolute Gasteiger partial charge is 0.410 e. The Morgan fingerprint density at radius 3 is 2.18 bits per heavy atom. The van der Waals surface area contributed by atoms with Gasteiger partial charge in [0.2, 0.25) is 0 Å². The first-order chi connectivity index (χ1) is 16.1. The molecule has 34 heavy (non-hydrogen) atoms. The van der Waals surface area contributed by atoms with Crippen molar-refractivity contribution in [2.75, 3.05) is 13.2 Å². The quantitative estimate of drug-likeness (QED) is 0.342. The van der Waals surface area contributed by atoms with Crippen molar-refractivity contribution in [3.8, 4) is 0 Å². The van der Waals surface area contributed by atoms with Gasteiger partial charge in [-0.15, -0.1) is 0 Å². The molecule has 1 fully saturated rings. The number of nitrogens with zero attached hydrogens (tertiary/aromatic N) is 1. The molecule has 6 nitrogen and oxygen atoms in total. The van der Waals surface area contributed by atoms with Crippen molar-refractivity contribution in [1.29, 1.82) is 0 Å². The highest BCUT2D eigenvalue weighted by molar-refractivity contribution is 6.74. The van der Waals surface area contributed by atoms with E-state index in [1.807, 2.05) is 60.7 Å². The summed E-state index contributed by atoms with van der Waals surface area (Å²) in [5.41, 5.74) is 1.88. The number of carbonyl (C=O) groups is 1. The molecule has 186 valence electrons. The van der Waals surface area contributed by atoms with E-state index in [2.05, 4.69) is 33.9 Å². The number of carbonyl (C=O) groups excluding carboxylic acids is 1. The Hall–Kier alpha value is -2.19. The van der Waals surface area contributed by atoms with Crippen LogP contribution in [0.2, 0.25) is 18.1 Å². The number of epoxide rings is 1. The lowest BCUT2D eigenvalue weighted by Crippen LogP contribution is -2.52. The van der Waals surface area contributed by atoms with E-state index in [9.17, 15) is 9.90 Å². The van der Waals surface area contributed by atoms with Crippen molar-refractivity contribution in [1.82, 2.24) is 4.90 Å². The predicted octanol–water partition coefficient (Wildman–Crippen LogP) is 5.37. The highest BCUT2D eigenvalue weighted by Crippen LogP contribution is 2.37. The van der Waals surface area contributed by atoms with Crippen molar-refractivity contribution < 1.29 is 23.8 Å². The lowest BCUT2D eigenvalue weighted by Gasteiger charge is -2.40. The topological polar surface area (TPSA) is 71.5 Å². The second kappa shape index (κ2) is 11.5. The first-order valence-electron chi connectivity index (χ1n) is 12.0. The van der Waals surface area contributed by atoms with Crippen LogP contribution in [0.3, 0.4) is 0 Å². The number of rotatable bonds is 11. The van der Waals surface area contributed by atoms with Crippen LogP contribution in [0.25, 0.3) is 0 Å². The average Bonchev–Trinajstić information content (AvgIpc) is 3.61. The fraction of sp³-hybridized carbons (Fsp3) is 0.519. The second-order valence-electron chi connectivity index (χ2n) is 10.6. The third-order valence-corrected chi connectivity index (χ3v) is 11.3. The molecule has 7 heteroatoms. The molecule has 0 aromatic heterocycles. The van der Waals surface area contributed by atoms with Crippen molar-refractivity contribution in [2.24, 2.45) is 0 Å². The highest BCUT2D eigenvalue weighted by Gasteiger charge is 2.41. The maximum absolute atomic E-state index is 13.4. The summed E-state index contributed by atoms with van der Waals surface area (Å²) in [4.78, 5) is 15.0. The molecular weight excluding hydrogens is 446 g/mol.